The quantitative estimate of drug-likeness (QED) is 0.418. The molecule has 212 valence electrons. The van der Waals surface area contributed by atoms with Gasteiger partial charge >= 0.3 is 6.18 Å². The second-order valence-electron chi connectivity index (χ2n) is 10.3. The fourth-order valence-electron chi connectivity index (χ4n) is 4.70. The van der Waals surface area contributed by atoms with Crippen molar-refractivity contribution < 1.29 is 37.8 Å². The first-order valence-electron chi connectivity index (χ1n) is 12.5. The summed E-state index contributed by atoms with van der Waals surface area (Å²) >= 11 is 1.23. The molecule has 1 aliphatic heterocycles. The molecule has 39 heavy (non-hydrogen) atoms. The normalized spacial score (nSPS) is 18.5. The number of Topliss-reactive ketones (excluding diaryl/α,β-unsaturated/α-hetero) is 1. The summed E-state index contributed by atoms with van der Waals surface area (Å²) in [5.41, 5.74) is 1.79. The monoisotopic (exact) mass is 566 g/mol. The highest BCUT2D eigenvalue weighted by atomic mass is 32.2. The molecule has 0 radical (unpaired) electrons. The van der Waals surface area contributed by atoms with E-state index in [0.717, 1.165) is 4.90 Å². The number of nitrogens with zero attached hydrogens (tertiary/aromatic N) is 1. The first-order valence-corrected chi connectivity index (χ1v) is 13.5. The van der Waals surface area contributed by atoms with E-state index >= 15 is 0 Å². The molecule has 1 aliphatic rings. The average molecular weight is 567 g/mol. The van der Waals surface area contributed by atoms with Gasteiger partial charge in [-0.15, -0.1) is 11.8 Å². The van der Waals surface area contributed by atoms with Gasteiger partial charge in [0.25, 0.3) is 11.8 Å². The molecule has 7 nitrogen and oxygen atoms in total. The number of hydrogen-bond acceptors (Lipinski definition) is 6. The molecule has 0 aromatic heterocycles. The highest BCUT2D eigenvalue weighted by Crippen LogP contribution is 2.41. The lowest BCUT2D eigenvalue weighted by atomic mass is 9.93. The number of phenols is 1. The van der Waals surface area contributed by atoms with Crippen LogP contribution in [0.25, 0.3) is 0 Å². The lowest BCUT2D eigenvalue weighted by Crippen LogP contribution is -2.57. The first-order chi connectivity index (χ1) is 18.1. The number of carbonyl (C=O) groups is 3. The molecule has 0 bridgehead atoms. The van der Waals surface area contributed by atoms with Crippen LogP contribution in [0, 0.1) is 13.8 Å². The summed E-state index contributed by atoms with van der Waals surface area (Å²) in [7, 11) is 0. The molecule has 0 saturated carbocycles. The van der Waals surface area contributed by atoms with Crippen molar-refractivity contribution in [1.29, 1.82) is 0 Å². The lowest BCUT2D eigenvalue weighted by Gasteiger charge is -2.33. The van der Waals surface area contributed by atoms with Gasteiger partial charge in [0, 0.05) is 22.3 Å². The summed E-state index contributed by atoms with van der Waals surface area (Å²) in [5, 5.41) is 24.2. The Morgan fingerprint density at radius 1 is 1.13 bits per heavy atom. The van der Waals surface area contributed by atoms with Gasteiger partial charge in [-0.3, -0.25) is 14.4 Å². The lowest BCUT2D eigenvalue weighted by molar-refractivity contribution is -0.151. The molecule has 0 unspecified atom stereocenters. The topological polar surface area (TPSA) is 107 Å². The molecule has 0 aliphatic carbocycles. The number of benzene rings is 2. The van der Waals surface area contributed by atoms with Crippen molar-refractivity contribution in [1.82, 2.24) is 10.2 Å². The molecule has 1 saturated heterocycles. The third-order valence-corrected chi connectivity index (χ3v) is 8.29. The Balaban J connectivity index is 1.88. The number of aliphatic hydroxyl groups is 1. The summed E-state index contributed by atoms with van der Waals surface area (Å²) in [4.78, 5) is 40.8. The number of nitrogens with one attached hydrogen (secondary N) is 1. The van der Waals surface area contributed by atoms with Crippen molar-refractivity contribution >= 4 is 29.4 Å². The Labute approximate surface area is 229 Å². The van der Waals surface area contributed by atoms with Gasteiger partial charge in [0.2, 0.25) is 0 Å². The van der Waals surface area contributed by atoms with E-state index in [-0.39, 0.29) is 23.6 Å². The van der Waals surface area contributed by atoms with Gasteiger partial charge in [-0.05, 0) is 51.3 Å². The van der Waals surface area contributed by atoms with E-state index < -0.39 is 59.6 Å². The van der Waals surface area contributed by atoms with Gasteiger partial charge in [-0.2, -0.15) is 13.2 Å². The number of thioether (sulfide) groups is 1. The molecule has 2 aromatic rings. The predicted octanol–water partition coefficient (Wildman–Crippen LogP) is 4.30. The van der Waals surface area contributed by atoms with Crippen LogP contribution in [0.15, 0.2) is 42.5 Å². The van der Waals surface area contributed by atoms with Crippen molar-refractivity contribution in [3.05, 3.63) is 64.7 Å². The number of amides is 2. The minimum absolute atomic E-state index is 0.00225. The fraction of sp³-hybridized carbons (Fsp3) is 0.464. The van der Waals surface area contributed by atoms with E-state index in [1.807, 2.05) is 0 Å². The molecule has 1 fully saturated rings. The largest absolute Gasteiger partial charge is 0.507 e. The van der Waals surface area contributed by atoms with Crippen molar-refractivity contribution in [2.45, 2.75) is 76.1 Å². The molecular weight excluding hydrogens is 533 g/mol. The van der Waals surface area contributed by atoms with Crippen LogP contribution in [0.3, 0.4) is 0 Å². The van der Waals surface area contributed by atoms with Crippen LogP contribution in [0.4, 0.5) is 13.2 Å². The summed E-state index contributed by atoms with van der Waals surface area (Å²) in [6.07, 6.45) is -8.33. The zero-order chi connectivity index (χ0) is 29.1. The van der Waals surface area contributed by atoms with E-state index in [0.29, 0.717) is 16.7 Å². The Bertz CT molecular complexity index is 1220. The van der Waals surface area contributed by atoms with Crippen LogP contribution in [-0.2, 0) is 16.0 Å². The third kappa shape index (κ3) is 7.33. The average Bonchev–Trinajstić information content (AvgIpc) is 3.19. The number of alkyl halides is 3. The van der Waals surface area contributed by atoms with Gasteiger partial charge in [0.1, 0.15) is 11.8 Å². The smallest absolute Gasteiger partial charge is 0.389 e. The number of halogens is 3. The molecule has 1 heterocycles. The molecule has 3 atom stereocenters. The van der Waals surface area contributed by atoms with E-state index in [1.165, 1.54) is 17.8 Å². The molecule has 11 heteroatoms. The minimum Gasteiger partial charge on any atom is -0.507 e. The third-order valence-electron chi connectivity index (χ3n) is 6.92. The second-order valence-corrected chi connectivity index (χ2v) is 11.9. The number of aliphatic hydroxyl groups excluding tert-OH is 1. The number of rotatable bonds is 9. The van der Waals surface area contributed by atoms with Crippen LogP contribution >= 0.6 is 11.8 Å². The number of hydrogen-bond donors (Lipinski definition) is 3. The fourth-order valence-corrected chi connectivity index (χ4v) is 5.86. The summed E-state index contributed by atoms with van der Waals surface area (Å²) in [6, 6.07) is 9.64. The van der Waals surface area contributed by atoms with Gasteiger partial charge < -0.3 is 20.4 Å². The van der Waals surface area contributed by atoms with Gasteiger partial charge in [0.05, 0.1) is 18.3 Å². The molecule has 2 aromatic carbocycles. The zero-order valence-electron chi connectivity index (χ0n) is 22.2. The number of aromatic hydroxyl groups is 1. The second kappa shape index (κ2) is 12.0. The SMILES string of the molecule is Cc1ccc(C(=O)N[C@@H](Cc2ccccc2)[C@H](O)C(=O)N2CSC(C)(C)[C@H]2C(=O)CCC(F)(F)F)c(C)c1O. The molecular formula is C28H33F3N2O5S. The first kappa shape index (κ1) is 30.5. The standard InChI is InChI=1S/C28H33F3N2O5S/c1-16-10-11-19(17(2)22(16)35)25(37)32-20(14-18-8-6-5-7-9-18)23(36)26(38)33-15-39-27(3,4)24(33)21(34)12-13-28(29,30)31/h5-11,20,23-24,35-36H,12-15H2,1-4H3,(H,32,37)/t20-,23-,24+/m0/s1. The van der Waals surface area contributed by atoms with E-state index in [2.05, 4.69) is 5.32 Å². The van der Waals surface area contributed by atoms with Crippen molar-refractivity contribution in [2.75, 3.05) is 5.88 Å². The summed E-state index contributed by atoms with van der Waals surface area (Å²) < 4.78 is 37.5. The highest BCUT2D eigenvalue weighted by molar-refractivity contribution is 8.00. The van der Waals surface area contributed by atoms with Crippen molar-refractivity contribution in [3.8, 4) is 5.75 Å². The van der Waals surface area contributed by atoms with Crippen LogP contribution in [-0.4, -0.2) is 67.7 Å². The molecule has 3 rings (SSSR count). The van der Waals surface area contributed by atoms with Crippen LogP contribution in [0.1, 0.15) is 53.7 Å². The molecule has 2 amide bonds. The number of carbonyl (C=O) groups excluding carboxylic acids is 3. The van der Waals surface area contributed by atoms with Gasteiger partial charge in [0.15, 0.2) is 11.9 Å². The molecule has 3 N–H and O–H groups in total. The van der Waals surface area contributed by atoms with E-state index in [4.69, 9.17) is 0 Å². The predicted molar refractivity (Wildman–Crippen MR) is 142 cm³/mol. The Kier molecular flexibility index (Phi) is 9.38. The van der Waals surface area contributed by atoms with Gasteiger partial charge in [-0.1, -0.05) is 36.4 Å². The van der Waals surface area contributed by atoms with Crippen LogP contribution in [0.2, 0.25) is 0 Å². The van der Waals surface area contributed by atoms with Crippen LogP contribution < -0.4 is 5.32 Å². The number of phenolic OH excluding ortho intramolecular Hbond substituents is 1. The summed E-state index contributed by atoms with van der Waals surface area (Å²) in [5.74, 6) is -2.26. The Hall–Kier alpha value is -3.05. The highest BCUT2D eigenvalue weighted by Gasteiger charge is 2.49. The number of ketones is 1. The van der Waals surface area contributed by atoms with E-state index in [9.17, 15) is 37.8 Å². The minimum atomic E-state index is -4.52. The Morgan fingerprint density at radius 3 is 2.38 bits per heavy atom. The van der Waals surface area contributed by atoms with Crippen molar-refractivity contribution in [3.63, 3.8) is 0 Å². The maximum atomic E-state index is 13.6. The van der Waals surface area contributed by atoms with Crippen molar-refractivity contribution in [2.24, 2.45) is 0 Å². The Morgan fingerprint density at radius 2 is 1.77 bits per heavy atom. The zero-order valence-corrected chi connectivity index (χ0v) is 23.0. The van der Waals surface area contributed by atoms with Crippen LogP contribution in [0.5, 0.6) is 5.75 Å². The van der Waals surface area contributed by atoms with Gasteiger partial charge in [-0.25, -0.2) is 0 Å². The summed E-state index contributed by atoms with van der Waals surface area (Å²) in [6.45, 7) is 6.60. The number of aryl methyl sites for hydroxylation is 1. The maximum Gasteiger partial charge on any atom is 0.389 e. The van der Waals surface area contributed by atoms with E-state index in [1.54, 1.807) is 64.1 Å². The molecule has 0 spiro atoms. The maximum absolute atomic E-state index is 13.6.